The minimum atomic E-state index is -0.00889. The second-order valence-corrected chi connectivity index (χ2v) is 5.39. The molecule has 2 aromatic rings. The summed E-state index contributed by atoms with van der Waals surface area (Å²) in [5, 5.41) is 0. The molecule has 0 saturated carbocycles. The van der Waals surface area contributed by atoms with E-state index in [4.69, 9.17) is 5.73 Å². The molecule has 1 aromatic heterocycles. The van der Waals surface area contributed by atoms with Crippen LogP contribution >= 0.6 is 15.9 Å². The lowest BCUT2D eigenvalue weighted by Gasteiger charge is -2.14. The Hall–Kier alpha value is -1.19. The van der Waals surface area contributed by atoms with Crippen LogP contribution in [0.5, 0.6) is 0 Å². The highest BCUT2D eigenvalue weighted by Crippen LogP contribution is 2.25. The van der Waals surface area contributed by atoms with Crippen LogP contribution in [0.4, 0.5) is 0 Å². The fourth-order valence-electron chi connectivity index (χ4n) is 2.06. The number of benzene rings is 1. The summed E-state index contributed by atoms with van der Waals surface area (Å²) in [5.41, 5.74) is 10.9. The third-order valence-electron chi connectivity index (χ3n) is 3.04. The van der Waals surface area contributed by atoms with Gasteiger partial charge in [-0.15, -0.1) is 0 Å². The molecule has 1 unspecified atom stereocenters. The molecule has 0 fully saturated rings. The maximum absolute atomic E-state index is 6.26. The number of pyridine rings is 1. The number of aromatic nitrogens is 1. The Kier molecular flexibility index (Phi) is 4.15. The highest BCUT2D eigenvalue weighted by atomic mass is 79.9. The molecule has 3 heteroatoms. The normalized spacial score (nSPS) is 12.4. The van der Waals surface area contributed by atoms with Crippen molar-refractivity contribution in [2.45, 2.75) is 26.3 Å². The quantitative estimate of drug-likeness (QED) is 0.939. The molecular weight excluding hydrogens is 288 g/mol. The number of nitrogens with two attached hydrogens (primary N) is 1. The van der Waals surface area contributed by atoms with Gasteiger partial charge in [0.2, 0.25) is 0 Å². The Balaban J connectivity index is 2.22. The molecule has 94 valence electrons. The first-order valence-corrected chi connectivity index (χ1v) is 6.79. The third kappa shape index (κ3) is 2.98. The minimum Gasteiger partial charge on any atom is -0.324 e. The van der Waals surface area contributed by atoms with E-state index >= 15 is 0 Å². The average molecular weight is 305 g/mol. The van der Waals surface area contributed by atoms with E-state index in [2.05, 4.69) is 46.9 Å². The van der Waals surface area contributed by atoms with Crippen LogP contribution in [-0.4, -0.2) is 4.98 Å². The van der Waals surface area contributed by atoms with Crippen molar-refractivity contribution >= 4 is 15.9 Å². The SMILES string of the molecule is Cc1cc(C(N)Cc2ccccn2)cc(C)c1Br. The van der Waals surface area contributed by atoms with E-state index in [9.17, 15) is 0 Å². The van der Waals surface area contributed by atoms with E-state index in [1.165, 1.54) is 16.7 Å². The van der Waals surface area contributed by atoms with Crippen molar-refractivity contribution in [3.05, 3.63) is 63.4 Å². The number of rotatable bonds is 3. The van der Waals surface area contributed by atoms with Gasteiger partial charge in [0.05, 0.1) is 0 Å². The Bertz CT molecular complexity index is 514. The summed E-state index contributed by atoms with van der Waals surface area (Å²) in [6, 6.07) is 10.2. The maximum atomic E-state index is 6.26. The average Bonchev–Trinajstić information content (AvgIpc) is 2.36. The highest BCUT2D eigenvalue weighted by molar-refractivity contribution is 9.10. The lowest BCUT2D eigenvalue weighted by atomic mass is 9.98. The van der Waals surface area contributed by atoms with Gasteiger partial charge in [0.15, 0.2) is 0 Å². The van der Waals surface area contributed by atoms with Crippen molar-refractivity contribution < 1.29 is 0 Å². The highest BCUT2D eigenvalue weighted by Gasteiger charge is 2.10. The van der Waals surface area contributed by atoms with Gasteiger partial charge in [0, 0.05) is 28.8 Å². The summed E-state index contributed by atoms with van der Waals surface area (Å²) in [4.78, 5) is 4.32. The molecule has 2 rings (SSSR count). The van der Waals surface area contributed by atoms with Crippen molar-refractivity contribution in [2.24, 2.45) is 5.73 Å². The van der Waals surface area contributed by atoms with Gasteiger partial charge in [-0.05, 0) is 42.7 Å². The molecule has 0 aliphatic carbocycles. The van der Waals surface area contributed by atoms with Crippen molar-refractivity contribution in [1.82, 2.24) is 4.98 Å². The first kappa shape index (κ1) is 13.2. The van der Waals surface area contributed by atoms with Crippen LogP contribution < -0.4 is 5.73 Å². The lowest BCUT2D eigenvalue weighted by Crippen LogP contribution is -2.14. The minimum absolute atomic E-state index is 0.00889. The fraction of sp³-hybridized carbons (Fsp3) is 0.267. The van der Waals surface area contributed by atoms with Crippen molar-refractivity contribution in [2.75, 3.05) is 0 Å². The third-order valence-corrected chi connectivity index (χ3v) is 4.29. The molecule has 0 aliphatic heterocycles. The molecule has 0 aliphatic rings. The van der Waals surface area contributed by atoms with Gasteiger partial charge in [-0.3, -0.25) is 4.98 Å². The monoisotopic (exact) mass is 304 g/mol. The summed E-state index contributed by atoms with van der Waals surface area (Å²) >= 11 is 3.58. The Labute approximate surface area is 116 Å². The van der Waals surface area contributed by atoms with Gasteiger partial charge >= 0.3 is 0 Å². The van der Waals surface area contributed by atoms with Crippen LogP contribution in [0.1, 0.15) is 28.4 Å². The van der Waals surface area contributed by atoms with Gasteiger partial charge in [0.25, 0.3) is 0 Å². The largest absolute Gasteiger partial charge is 0.324 e. The molecule has 1 heterocycles. The van der Waals surface area contributed by atoms with Crippen molar-refractivity contribution in [3.8, 4) is 0 Å². The number of nitrogens with zero attached hydrogens (tertiary/aromatic N) is 1. The molecular formula is C15H17BrN2. The van der Waals surface area contributed by atoms with E-state index in [0.29, 0.717) is 0 Å². The summed E-state index contributed by atoms with van der Waals surface area (Å²) in [7, 11) is 0. The number of halogens is 1. The van der Waals surface area contributed by atoms with Gasteiger partial charge < -0.3 is 5.73 Å². The first-order chi connectivity index (χ1) is 8.58. The summed E-state index contributed by atoms with van der Waals surface area (Å²) < 4.78 is 1.16. The van der Waals surface area contributed by atoms with E-state index in [1.807, 2.05) is 18.2 Å². The van der Waals surface area contributed by atoms with Gasteiger partial charge in [-0.2, -0.15) is 0 Å². The molecule has 0 spiro atoms. The molecule has 1 atom stereocenters. The number of aryl methyl sites for hydroxylation is 2. The molecule has 0 bridgehead atoms. The van der Waals surface area contributed by atoms with Crippen molar-refractivity contribution in [1.29, 1.82) is 0 Å². The van der Waals surface area contributed by atoms with Crippen LogP contribution in [0.15, 0.2) is 41.0 Å². The Morgan fingerprint density at radius 2 is 1.89 bits per heavy atom. The molecule has 18 heavy (non-hydrogen) atoms. The second kappa shape index (κ2) is 5.63. The predicted octanol–water partition coefficient (Wildman–Crippen LogP) is 3.70. The fourth-order valence-corrected chi connectivity index (χ4v) is 2.28. The number of hydrogen-bond acceptors (Lipinski definition) is 2. The predicted molar refractivity (Wildman–Crippen MR) is 78.5 cm³/mol. The smallest absolute Gasteiger partial charge is 0.0422 e. The summed E-state index contributed by atoms with van der Waals surface area (Å²) in [6.07, 6.45) is 2.57. The molecule has 1 aromatic carbocycles. The van der Waals surface area contributed by atoms with Crippen LogP contribution in [-0.2, 0) is 6.42 Å². The van der Waals surface area contributed by atoms with Crippen LogP contribution in [0.2, 0.25) is 0 Å². The zero-order valence-corrected chi connectivity index (χ0v) is 12.2. The lowest BCUT2D eigenvalue weighted by molar-refractivity contribution is 0.705. The van der Waals surface area contributed by atoms with E-state index < -0.39 is 0 Å². The van der Waals surface area contributed by atoms with Gasteiger partial charge in [0.1, 0.15) is 0 Å². The number of hydrogen-bond donors (Lipinski definition) is 1. The van der Waals surface area contributed by atoms with E-state index in [0.717, 1.165) is 16.6 Å². The second-order valence-electron chi connectivity index (χ2n) is 4.60. The molecule has 0 amide bonds. The maximum Gasteiger partial charge on any atom is 0.0422 e. The van der Waals surface area contributed by atoms with Crippen LogP contribution in [0, 0.1) is 13.8 Å². The van der Waals surface area contributed by atoms with Gasteiger partial charge in [-0.25, -0.2) is 0 Å². The molecule has 0 radical (unpaired) electrons. The Morgan fingerprint density at radius 1 is 1.22 bits per heavy atom. The van der Waals surface area contributed by atoms with E-state index in [-0.39, 0.29) is 6.04 Å². The topological polar surface area (TPSA) is 38.9 Å². The zero-order valence-electron chi connectivity index (χ0n) is 10.7. The van der Waals surface area contributed by atoms with Crippen LogP contribution in [0.25, 0.3) is 0 Å². The van der Waals surface area contributed by atoms with Crippen LogP contribution in [0.3, 0.4) is 0 Å². The molecule has 2 N–H and O–H groups in total. The van der Waals surface area contributed by atoms with E-state index in [1.54, 1.807) is 6.20 Å². The summed E-state index contributed by atoms with van der Waals surface area (Å²) in [6.45, 7) is 4.18. The summed E-state index contributed by atoms with van der Waals surface area (Å²) in [5.74, 6) is 0. The first-order valence-electron chi connectivity index (χ1n) is 6.00. The molecule has 0 saturated heterocycles. The Morgan fingerprint density at radius 3 is 2.44 bits per heavy atom. The van der Waals surface area contributed by atoms with Gasteiger partial charge in [-0.1, -0.05) is 34.1 Å². The van der Waals surface area contributed by atoms with Crippen molar-refractivity contribution in [3.63, 3.8) is 0 Å². The standard InChI is InChI=1S/C15H17BrN2/c1-10-7-12(8-11(2)15(10)16)14(17)9-13-5-3-4-6-18-13/h3-8,14H,9,17H2,1-2H3. The zero-order chi connectivity index (χ0) is 13.1. The molecule has 2 nitrogen and oxygen atoms in total.